The number of carboxylic acids is 1. The number of hydrogen-bond donors (Lipinski definition) is 2. The van der Waals surface area contributed by atoms with E-state index in [0.29, 0.717) is 18.9 Å². The van der Waals surface area contributed by atoms with Crippen LogP contribution in [0.4, 0.5) is 5.82 Å². The minimum absolute atomic E-state index is 0.0985. The molecule has 126 valence electrons. The summed E-state index contributed by atoms with van der Waals surface area (Å²) < 4.78 is 5.73. The Morgan fingerprint density at radius 3 is 2.52 bits per heavy atom. The molecule has 0 bridgehead atoms. The molecule has 0 unspecified atom stereocenters. The van der Waals surface area contributed by atoms with E-state index in [-0.39, 0.29) is 11.5 Å². The van der Waals surface area contributed by atoms with Crippen molar-refractivity contribution in [1.82, 2.24) is 9.97 Å². The highest BCUT2D eigenvalue weighted by Gasteiger charge is 2.13. The topological polar surface area (TPSA) is 98.3 Å². The van der Waals surface area contributed by atoms with Gasteiger partial charge in [0.2, 0.25) is 0 Å². The molecule has 6 heteroatoms. The highest BCUT2D eigenvalue weighted by atomic mass is 16.5. The number of benzene rings is 2. The summed E-state index contributed by atoms with van der Waals surface area (Å²) in [6, 6.07) is 17.5. The summed E-state index contributed by atoms with van der Waals surface area (Å²) in [7, 11) is 0. The van der Waals surface area contributed by atoms with Crippen molar-refractivity contribution in [3.63, 3.8) is 0 Å². The van der Waals surface area contributed by atoms with Crippen molar-refractivity contribution in [2.24, 2.45) is 0 Å². The first kappa shape index (κ1) is 16.6. The fourth-order valence-corrected chi connectivity index (χ4v) is 2.38. The van der Waals surface area contributed by atoms with Crippen LogP contribution in [0.25, 0.3) is 11.3 Å². The molecule has 0 fully saturated rings. The number of nitrogens with two attached hydrogens (primary N) is 1. The summed E-state index contributed by atoms with van der Waals surface area (Å²) in [6.45, 7) is 0.965. The van der Waals surface area contributed by atoms with Gasteiger partial charge in [0.25, 0.3) is 0 Å². The number of ether oxygens (including phenoxy) is 1. The molecule has 3 rings (SSSR count). The molecule has 0 spiro atoms. The second kappa shape index (κ2) is 7.55. The number of hydrogen-bond acceptors (Lipinski definition) is 5. The lowest BCUT2D eigenvalue weighted by atomic mass is 10.1. The van der Waals surface area contributed by atoms with Gasteiger partial charge in [0.15, 0.2) is 11.5 Å². The number of carbonyl (C=O) groups is 1. The predicted octanol–water partition coefficient (Wildman–Crippen LogP) is 3.14. The van der Waals surface area contributed by atoms with Gasteiger partial charge in [0.1, 0.15) is 0 Å². The molecular formula is C19H17N3O3. The van der Waals surface area contributed by atoms with Crippen LogP contribution >= 0.6 is 0 Å². The van der Waals surface area contributed by atoms with Gasteiger partial charge >= 0.3 is 5.97 Å². The monoisotopic (exact) mass is 335 g/mol. The smallest absolute Gasteiger partial charge is 0.358 e. The van der Waals surface area contributed by atoms with Gasteiger partial charge in [-0.15, -0.1) is 0 Å². The maximum absolute atomic E-state index is 11.1. The normalized spacial score (nSPS) is 10.6. The molecule has 0 saturated heterocycles. The Bertz CT molecular complexity index is 882. The lowest BCUT2D eigenvalue weighted by Crippen LogP contribution is -2.08. The van der Waals surface area contributed by atoms with Crippen LogP contribution in [0.1, 0.15) is 21.6 Å². The van der Waals surface area contributed by atoms with Crippen molar-refractivity contribution >= 4 is 11.8 Å². The van der Waals surface area contributed by atoms with Crippen molar-refractivity contribution in [2.75, 3.05) is 5.73 Å². The first-order chi connectivity index (χ1) is 12.1. The molecular weight excluding hydrogens is 318 g/mol. The average molecular weight is 335 g/mol. The molecule has 0 aliphatic carbocycles. The van der Waals surface area contributed by atoms with Crippen LogP contribution in [-0.4, -0.2) is 21.0 Å². The molecule has 25 heavy (non-hydrogen) atoms. The molecule has 0 amide bonds. The Hall–Kier alpha value is -3.25. The summed E-state index contributed by atoms with van der Waals surface area (Å²) in [5.74, 6) is -1.30. The van der Waals surface area contributed by atoms with Crippen LogP contribution < -0.4 is 5.73 Å². The third kappa shape index (κ3) is 4.19. The maximum atomic E-state index is 11.1. The molecule has 0 aliphatic rings. The van der Waals surface area contributed by atoms with Crippen LogP contribution in [0.5, 0.6) is 0 Å². The van der Waals surface area contributed by atoms with E-state index in [9.17, 15) is 4.79 Å². The van der Waals surface area contributed by atoms with Crippen LogP contribution in [-0.2, 0) is 18.0 Å². The zero-order valence-electron chi connectivity index (χ0n) is 13.4. The van der Waals surface area contributed by atoms with Crippen molar-refractivity contribution in [2.45, 2.75) is 13.2 Å². The van der Waals surface area contributed by atoms with Gasteiger partial charge in [-0.3, -0.25) is 0 Å². The van der Waals surface area contributed by atoms with E-state index in [0.717, 1.165) is 16.7 Å². The zero-order valence-corrected chi connectivity index (χ0v) is 13.4. The predicted molar refractivity (Wildman–Crippen MR) is 93.8 cm³/mol. The highest BCUT2D eigenvalue weighted by Crippen LogP contribution is 2.20. The first-order valence-corrected chi connectivity index (χ1v) is 7.70. The van der Waals surface area contributed by atoms with Gasteiger partial charge in [0.05, 0.1) is 25.1 Å². The Morgan fingerprint density at radius 2 is 1.76 bits per heavy atom. The van der Waals surface area contributed by atoms with Crippen LogP contribution in [0, 0.1) is 0 Å². The first-order valence-electron chi connectivity index (χ1n) is 7.70. The van der Waals surface area contributed by atoms with Crippen molar-refractivity contribution in [3.05, 3.63) is 77.6 Å². The number of aromatic carboxylic acids is 1. The number of carboxylic acid groups (broad SMARTS) is 1. The third-order valence-corrected chi connectivity index (χ3v) is 3.61. The summed E-state index contributed by atoms with van der Waals surface area (Å²) in [6.07, 6.45) is 1.46. The van der Waals surface area contributed by atoms with E-state index in [1.165, 1.54) is 6.20 Å². The fourth-order valence-electron chi connectivity index (χ4n) is 2.38. The number of nitrogen functional groups attached to an aromatic ring is 1. The minimum atomic E-state index is -1.20. The number of rotatable bonds is 6. The molecule has 0 saturated carbocycles. The Labute approximate surface area is 144 Å². The molecule has 0 radical (unpaired) electrons. The minimum Gasteiger partial charge on any atom is -0.476 e. The molecule has 2 aromatic carbocycles. The zero-order chi connectivity index (χ0) is 17.6. The summed E-state index contributed by atoms with van der Waals surface area (Å²) >= 11 is 0. The second-order valence-electron chi connectivity index (χ2n) is 5.47. The SMILES string of the molecule is Nc1ncc(-c2cccc(COCc3ccccc3)c2)nc1C(=O)O. The number of aromatic nitrogens is 2. The van der Waals surface area contributed by atoms with Crippen molar-refractivity contribution in [3.8, 4) is 11.3 Å². The van der Waals surface area contributed by atoms with Gasteiger partial charge in [-0.05, 0) is 17.2 Å². The second-order valence-corrected chi connectivity index (χ2v) is 5.47. The quantitative estimate of drug-likeness (QED) is 0.718. The molecule has 6 nitrogen and oxygen atoms in total. The van der Waals surface area contributed by atoms with E-state index in [1.54, 1.807) is 0 Å². The van der Waals surface area contributed by atoms with Crippen molar-refractivity contribution in [1.29, 1.82) is 0 Å². The Kier molecular flexibility index (Phi) is 5.01. The van der Waals surface area contributed by atoms with E-state index in [2.05, 4.69) is 9.97 Å². The number of nitrogens with zero attached hydrogens (tertiary/aromatic N) is 2. The van der Waals surface area contributed by atoms with E-state index < -0.39 is 5.97 Å². The van der Waals surface area contributed by atoms with E-state index in [1.807, 2.05) is 54.6 Å². The lowest BCUT2D eigenvalue weighted by Gasteiger charge is -2.08. The molecule has 0 aliphatic heterocycles. The Balaban J connectivity index is 1.73. The van der Waals surface area contributed by atoms with Gasteiger partial charge in [-0.1, -0.05) is 48.5 Å². The third-order valence-electron chi connectivity index (χ3n) is 3.61. The van der Waals surface area contributed by atoms with Gasteiger partial charge < -0.3 is 15.6 Å². The largest absolute Gasteiger partial charge is 0.476 e. The maximum Gasteiger partial charge on any atom is 0.358 e. The van der Waals surface area contributed by atoms with Gasteiger partial charge in [0, 0.05) is 5.56 Å². The lowest BCUT2D eigenvalue weighted by molar-refractivity contribution is 0.0691. The summed E-state index contributed by atoms with van der Waals surface area (Å²) in [4.78, 5) is 19.1. The highest BCUT2D eigenvalue weighted by molar-refractivity contribution is 5.90. The Morgan fingerprint density at radius 1 is 1.04 bits per heavy atom. The molecule has 1 aromatic heterocycles. The standard InChI is InChI=1S/C19H17N3O3/c20-18-17(19(23)24)22-16(10-21-18)15-8-4-7-14(9-15)12-25-11-13-5-2-1-3-6-13/h1-10H,11-12H2,(H2,20,21)(H,23,24). The van der Waals surface area contributed by atoms with E-state index in [4.69, 9.17) is 15.6 Å². The van der Waals surface area contributed by atoms with Crippen LogP contribution in [0.2, 0.25) is 0 Å². The molecule has 3 N–H and O–H groups in total. The van der Waals surface area contributed by atoms with Gasteiger partial charge in [-0.25, -0.2) is 14.8 Å². The molecule has 1 heterocycles. The van der Waals surface area contributed by atoms with E-state index >= 15 is 0 Å². The van der Waals surface area contributed by atoms with Gasteiger partial charge in [-0.2, -0.15) is 0 Å². The average Bonchev–Trinajstić information content (AvgIpc) is 2.63. The summed E-state index contributed by atoms with van der Waals surface area (Å²) in [5, 5.41) is 9.11. The molecule has 0 atom stereocenters. The van der Waals surface area contributed by atoms with Crippen LogP contribution in [0.3, 0.4) is 0 Å². The molecule has 3 aromatic rings. The van der Waals surface area contributed by atoms with Crippen LogP contribution in [0.15, 0.2) is 60.8 Å². The fraction of sp³-hybridized carbons (Fsp3) is 0.105. The van der Waals surface area contributed by atoms with Crippen molar-refractivity contribution < 1.29 is 14.6 Å². The number of anilines is 1. The summed E-state index contributed by atoms with van der Waals surface area (Å²) in [5.41, 5.74) is 8.58.